The monoisotopic (exact) mass is 720 g/mol. The van der Waals surface area contributed by atoms with Gasteiger partial charge in [0.1, 0.15) is 32.5 Å². The molecular formula is C32H22Cl2N6O6S2. The number of azo groups is 2. The first-order valence-corrected chi connectivity index (χ1v) is 17.4. The van der Waals surface area contributed by atoms with Gasteiger partial charge in [-0.15, -0.1) is 20.5 Å². The van der Waals surface area contributed by atoms with Crippen molar-refractivity contribution in [3.63, 3.8) is 0 Å². The van der Waals surface area contributed by atoms with Crippen molar-refractivity contribution in [1.82, 2.24) is 0 Å². The van der Waals surface area contributed by atoms with Crippen LogP contribution < -0.4 is 11.5 Å². The fourth-order valence-electron chi connectivity index (χ4n) is 5.02. The minimum Gasteiger partial charge on any atom is -0.396 e. The first-order chi connectivity index (χ1) is 22.7. The van der Waals surface area contributed by atoms with Gasteiger partial charge in [-0.25, -0.2) is 0 Å². The van der Waals surface area contributed by atoms with E-state index in [-0.39, 0.29) is 44.2 Å². The Morgan fingerprint density at radius 2 is 0.896 bits per heavy atom. The summed E-state index contributed by atoms with van der Waals surface area (Å²) in [5.41, 5.74) is 13.6. The van der Waals surface area contributed by atoms with Gasteiger partial charge < -0.3 is 11.5 Å². The predicted octanol–water partition coefficient (Wildman–Crippen LogP) is 9.46. The molecule has 0 unspecified atom stereocenters. The molecule has 242 valence electrons. The van der Waals surface area contributed by atoms with E-state index in [9.17, 15) is 25.9 Å². The second-order valence-electron chi connectivity index (χ2n) is 10.4. The Morgan fingerprint density at radius 3 is 1.25 bits per heavy atom. The molecular weight excluding hydrogens is 699 g/mol. The van der Waals surface area contributed by atoms with Crippen LogP contribution in [0.4, 0.5) is 34.1 Å². The largest absolute Gasteiger partial charge is 0.396 e. The summed E-state index contributed by atoms with van der Waals surface area (Å²) < 4.78 is 68.1. The van der Waals surface area contributed by atoms with Crippen molar-refractivity contribution in [1.29, 1.82) is 0 Å². The fraction of sp³-hybridized carbons (Fsp3) is 0. The van der Waals surface area contributed by atoms with Crippen LogP contribution in [0.5, 0.6) is 0 Å². The average molecular weight is 722 g/mol. The smallest absolute Gasteiger partial charge is 0.296 e. The maximum absolute atomic E-state index is 12.1. The van der Waals surface area contributed by atoms with Gasteiger partial charge in [0.2, 0.25) is 0 Å². The number of hydrogen-bond acceptors (Lipinski definition) is 10. The first kappa shape index (κ1) is 33.0. The number of fused-ring (bicyclic) bond motifs is 2. The van der Waals surface area contributed by atoms with E-state index in [1.54, 1.807) is 84.9 Å². The van der Waals surface area contributed by atoms with Crippen LogP contribution in [0.25, 0.3) is 32.7 Å². The van der Waals surface area contributed by atoms with Gasteiger partial charge in [-0.2, -0.15) is 16.8 Å². The van der Waals surface area contributed by atoms with Crippen molar-refractivity contribution in [2.24, 2.45) is 20.5 Å². The lowest BCUT2D eigenvalue weighted by atomic mass is 10.0. The molecule has 0 aliphatic heterocycles. The van der Waals surface area contributed by atoms with Crippen molar-refractivity contribution in [3.8, 4) is 11.1 Å². The van der Waals surface area contributed by atoms with Gasteiger partial charge in [-0.05, 0) is 58.3 Å². The van der Waals surface area contributed by atoms with E-state index in [1.165, 1.54) is 12.1 Å². The molecule has 0 heterocycles. The Kier molecular flexibility index (Phi) is 8.63. The molecule has 0 spiro atoms. The van der Waals surface area contributed by atoms with E-state index >= 15 is 0 Å². The first-order valence-electron chi connectivity index (χ1n) is 13.7. The molecule has 12 nitrogen and oxygen atoms in total. The highest BCUT2D eigenvalue weighted by Gasteiger charge is 2.22. The van der Waals surface area contributed by atoms with Crippen LogP contribution in [0.1, 0.15) is 0 Å². The van der Waals surface area contributed by atoms with Crippen molar-refractivity contribution >= 4 is 99.1 Å². The van der Waals surface area contributed by atoms with Crippen molar-refractivity contribution in [2.75, 3.05) is 11.5 Å². The van der Waals surface area contributed by atoms with E-state index < -0.39 is 30.0 Å². The molecule has 6 aromatic rings. The summed E-state index contributed by atoms with van der Waals surface area (Å²) in [6.07, 6.45) is 0. The second kappa shape index (κ2) is 12.6. The lowest BCUT2D eigenvalue weighted by Gasteiger charge is -2.10. The van der Waals surface area contributed by atoms with Gasteiger partial charge in [0.25, 0.3) is 20.2 Å². The van der Waals surface area contributed by atoms with Gasteiger partial charge in [-0.3, -0.25) is 9.11 Å². The average Bonchev–Trinajstić information content (AvgIpc) is 3.04. The second-order valence-corrected chi connectivity index (χ2v) is 14.0. The van der Waals surface area contributed by atoms with Gasteiger partial charge in [0.05, 0.1) is 21.4 Å². The molecule has 6 rings (SSSR count). The fourth-order valence-corrected chi connectivity index (χ4v) is 6.80. The van der Waals surface area contributed by atoms with Gasteiger partial charge in [-0.1, -0.05) is 83.9 Å². The summed E-state index contributed by atoms with van der Waals surface area (Å²) in [5.74, 6) is 0. The predicted molar refractivity (Wildman–Crippen MR) is 187 cm³/mol. The van der Waals surface area contributed by atoms with Crippen LogP contribution in [0.2, 0.25) is 10.0 Å². The van der Waals surface area contributed by atoms with E-state index in [2.05, 4.69) is 20.5 Å². The third-order valence-electron chi connectivity index (χ3n) is 7.35. The van der Waals surface area contributed by atoms with E-state index in [0.29, 0.717) is 32.7 Å². The lowest BCUT2D eigenvalue weighted by Crippen LogP contribution is -2.01. The molecule has 6 N–H and O–H groups in total. The Labute approximate surface area is 283 Å². The highest BCUT2D eigenvalue weighted by atomic mass is 35.5. The summed E-state index contributed by atoms with van der Waals surface area (Å²) in [6, 6.07) is 25.7. The van der Waals surface area contributed by atoms with Crippen molar-refractivity contribution in [3.05, 3.63) is 107 Å². The Morgan fingerprint density at radius 1 is 0.521 bits per heavy atom. The third-order valence-corrected chi connectivity index (χ3v) is 9.69. The molecule has 0 aliphatic rings. The molecule has 48 heavy (non-hydrogen) atoms. The van der Waals surface area contributed by atoms with Crippen LogP contribution in [-0.2, 0) is 20.2 Å². The quantitative estimate of drug-likeness (QED) is 0.0706. The zero-order valence-corrected chi connectivity index (χ0v) is 27.4. The maximum atomic E-state index is 12.1. The SMILES string of the molecule is Nc1c(/N=N/c2ccc(-c3ccc(/N=N/c4c(S(=O)(=O)O)cc5ccccc5c4N)c(Cl)c3)cc2Cl)c(S(=O)(=O)O)cc2ccccc12. The number of nitrogens with zero attached hydrogens (tertiary/aromatic N) is 4. The number of halogens is 2. The summed E-state index contributed by atoms with van der Waals surface area (Å²) >= 11 is 13.0. The zero-order valence-electron chi connectivity index (χ0n) is 24.3. The topological polar surface area (TPSA) is 210 Å². The number of rotatable bonds is 7. The summed E-state index contributed by atoms with van der Waals surface area (Å²) in [4.78, 5) is -1.00. The summed E-state index contributed by atoms with van der Waals surface area (Å²) in [6.45, 7) is 0. The molecule has 0 bridgehead atoms. The number of benzene rings is 6. The molecule has 0 atom stereocenters. The minimum atomic E-state index is -4.69. The van der Waals surface area contributed by atoms with Crippen LogP contribution in [0.15, 0.2) is 127 Å². The van der Waals surface area contributed by atoms with E-state index in [0.717, 1.165) is 0 Å². The van der Waals surface area contributed by atoms with Crippen molar-refractivity contribution < 1.29 is 25.9 Å². The van der Waals surface area contributed by atoms with E-state index in [4.69, 9.17) is 34.7 Å². The molecule has 0 amide bonds. The van der Waals surface area contributed by atoms with Crippen LogP contribution in [0, 0.1) is 0 Å². The molecule has 0 fully saturated rings. The summed E-state index contributed by atoms with van der Waals surface area (Å²) in [7, 11) is -9.38. The van der Waals surface area contributed by atoms with Crippen LogP contribution >= 0.6 is 23.2 Å². The van der Waals surface area contributed by atoms with Gasteiger partial charge in [0.15, 0.2) is 0 Å². The van der Waals surface area contributed by atoms with E-state index in [1.807, 2.05) is 0 Å². The normalized spacial score (nSPS) is 12.5. The standard InChI is InChI=1S/C32H22Cl2N6O6S2/c33-23-13-17(9-11-25(23)37-39-31-27(47(41,42)43)15-19-5-1-3-7-21(19)29(31)35)18-10-12-26(24(34)14-18)38-40-32-28(48(44,45)46)16-20-6-2-4-8-22(20)30(32)36/h1-16H,35-36H2,(H,41,42,43)(H,44,45,46)/b39-37+,40-38+. The molecule has 0 saturated carbocycles. The Balaban J connectivity index is 1.31. The molecule has 16 heteroatoms. The number of nitrogen functional groups attached to an aromatic ring is 2. The van der Waals surface area contributed by atoms with Crippen LogP contribution in [-0.4, -0.2) is 25.9 Å². The van der Waals surface area contributed by atoms with Crippen molar-refractivity contribution in [2.45, 2.75) is 9.79 Å². The lowest BCUT2D eigenvalue weighted by molar-refractivity contribution is 0.481. The number of hydrogen-bond donors (Lipinski definition) is 4. The van der Waals surface area contributed by atoms with Gasteiger partial charge >= 0.3 is 0 Å². The zero-order chi connectivity index (χ0) is 34.4. The minimum absolute atomic E-state index is 0.0154. The highest BCUT2D eigenvalue weighted by Crippen LogP contribution is 2.42. The molecule has 0 saturated heterocycles. The van der Waals surface area contributed by atoms with Gasteiger partial charge in [0, 0.05) is 10.8 Å². The number of anilines is 2. The summed E-state index contributed by atoms with van der Waals surface area (Å²) in [5, 5.41) is 18.7. The number of nitrogens with two attached hydrogens (primary N) is 2. The highest BCUT2D eigenvalue weighted by molar-refractivity contribution is 7.86. The maximum Gasteiger partial charge on any atom is 0.296 e. The molecule has 0 aromatic heterocycles. The molecule has 0 radical (unpaired) electrons. The third kappa shape index (κ3) is 6.44. The Hall–Kier alpha value is -4.96. The van der Waals surface area contributed by atoms with Crippen LogP contribution in [0.3, 0.4) is 0 Å². The molecule has 6 aromatic carbocycles. The molecule has 0 aliphatic carbocycles. The Bertz CT molecular complexity index is 2400.